The lowest BCUT2D eigenvalue weighted by molar-refractivity contribution is -0.0543. The van der Waals surface area contributed by atoms with Gasteiger partial charge in [-0.25, -0.2) is 0 Å². The van der Waals surface area contributed by atoms with E-state index in [-0.39, 0.29) is 11.7 Å². The van der Waals surface area contributed by atoms with Gasteiger partial charge in [0.15, 0.2) is 0 Å². The second-order valence-corrected chi connectivity index (χ2v) is 4.50. The molecule has 14 heavy (non-hydrogen) atoms. The van der Waals surface area contributed by atoms with E-state index in [1.54, 1.807) is 0 Å². The van der Waals surface area contributed by atoms with E-state index in [4.69, 9.17) is 7.80 Å². The summed E-state index contributed by atoms with van der Waals surface area (Å²) in [6, 6.07) is 0. The molecule has 2 unspecified atom stereocenters. The van der Waals surface area contributed by atoms with Crippen molar-refractivity contribution < 1.29 is 7.80 Å². The first-order valence-electron chi connectivity index (χ1n) is 5.54. The highest BCUT2D eigenvalue weighted by atomic mass is 127. The van der Waals surface area contributed by atoms with E-state index in [0.717, 1.165) is 19.3 Å². The summed E-state index contributed by atoms with van der Waals surface area (Å²) >= 11 is 1.97. The van der Waals surface area contributed by atoms with Gasteiger partial charge in [0.25, 0.3) is 0 Å². The molecule has 0 spiro atoms. The van der Waals surface area contributed by atoms with Crippen molar-refractivity contribution in [2.75, 3.05) is 0 Å². The van der Waals surface area contributed by atoms with Crippen LogP contribution in [0.15, 0.2) is 0 Å². The highest BCUT2D eigenvalue weighted by Crippen LogP contribution is 2.33. The van der Waals surface area contributed by atoms with Gasteiger partial charge in [-0.05, 0) is 33.1 Å². The lowest BCUT2D eigenvalue weighted by Gasteiger charge is -2.23. The Bertz CT molecular complexity index is 144. The van der Waals surface area contributed by atoms with Crippen LogP contribution in [0.2, 0.25) is 0 Å². The Kier molecular flexibility index (Phi) is 7.34. The van der Waals surface area contributed by atoms with Gasteiger partial charge in [0.1, 0.15) is 23.0 Å². The number of hydrogen-bond donors (Lipinski definition) is 0. The van der Waals surface area contributed by atoms with Gasteiger partial charge in [-0.15, -0.1) is 0 Å². The Labute approximate surface area is 102 Å². The third kappa shape index (κ3) is 4.45. The molecule has 1 aliphatic heterocycles. The molecule has 2 atom stereocenters. The summed E-state index contributed by atoms with van der Waals surface area (Å²) in [6.07, 6.45) is 3.89. The van der Waals surface area contributed by atoms with Gasteiger partial charge in [0.2, 0.25) is 0 Å². The topological polar surface area (TPSA) is 18.5 Å². The summed E-state index contributed by atoms with van der Waals surface area (Å²) in [5, 5.41) is 0. The third-order valence-corrected chi connectivity index (χ3v) is 3.09. The third-order valence-electron chi connectivity index (χ3n) is 2.43. The first kappa shape index (κ1) is 14.6. The molecule has 0 aromatic heterocycles. The van der Waals surface area contributed by atoms with E-state index in [2.05, 4.69) is 20.8 Å². The minimum Gasteiger partial charge on any atom is -0.370 e. The van der Waals surface area contributed by atoms with Gasteiger partial charge >= 0.3 is 0 Å². The Balaban J connectivity index is 0.000000791. The Morgan fingerprint density at radius 2 is 2.07 bits per heavy atom. The molecular formula is C11H23IO2. The second kappa shape index (κ2) is 7.01. The SMILES string of the molecule is CC.CCC(OI)C1CCC(C)(C)O1. The largest absolute Gasteiger partial charge is 0.370 e. The molecule has 0 bridgehead atoms. The van der Waals surface area contributed by atoms with Crippen molar-refractivity contribution in [3.05, 3.63) is 0 Å². The lowest BCUT2D eigenvalue weighted by atomic mass is 10.0. The minimum absolute atomic E-state index is 0.0628. The van der Waals surface area contributed by atoms with Crippen molar-refractivity contribution in [1.29, 1.82) is 0 Å². The second-order valence-electron chi connectivity index (χ2n) is 3.99. The van der Waals surface area contributed by atoms with Crippen LogP contribution < -0.4 is 0 Å². The molecule has 0 N–H and O–H groups in total. The van der Waals surface area contributed by atoms with Crippen molar-refractivity contribution in [1.82, 2.24) is 0 Å². The van der Waals surface area contributed by atoms with Crippen LogP contribution in [0.3, 0.4) is 0 Å². The smallest absolute Gasteiger partial charge is 0.110 e. The van der Waals surface area contributed by atoms with Crippen molar-refractivity contribution in [2.45, 2.75) is 71.7 Å². The number of halogens is 1. The predicted octanol–water partition coefficient (Wildman–Crippen LogP) is 4.12. The van der Waals surface area contributed by atoms with Crippen LogP contribution >= 0.6 is 23.0 Å². The Morgan fingerprint density at radius 3 is 2.36 bits per heavy atom. The summed E-state index contributed by atoms with van der Waals surface area (Å²) in [4.78, 5) is 0. The minimum atomic E-state index is 0.0628. The van der Waals surface area contributed by atoms with Crippen LogP contribution in [-0.4, -0.2) is 17.8 Å². The first-order valence-corrected chi connectivity index (χ1v) is 6.42. The zero-order valence-electron chi connectivity index (χ0n) is 9.97. The molecule has 0 aliphatic carbocycles. The average molecular weight is 314 g/mol. The molecule has 1 fully saturated rings. The van der Waals surface area contributed by atoms with Gasteiger partial charge in [0.05, 0.1) is 17.8 Å². The van der Waals surface area contributed by atoms with Crippen molar-refractivity contribution in [2.24, 2.45) is 0 Å². The molecule has 0 aromatic rings. The van der Waals surface area contributed by atoms with Gasteiger partial charge in [0, 0.05) is 0 Å². The number of hydrogen-bond acceptors (Lipinski definition) is 2. The summed E-state index contributed by atoms with van der Waals surface area (Å²) in [7, 11) is 0. The number of rotatable bonds is 3. The summed E-state index contributed by atoms with van der Waals surface area (Å²) in [5.41, 5.74) is 0.0628. The van der Waals surface area contributed by atoms with E-state index < -0.39 is 0 Å². The van der Waals surface area contributed by atoms with Crippen molar-refractivity contribution >= 4 is 23.0 Å². The van der Waals surface area contributed by atoms with E-state index in [0.29, 0.717) is 6.10 Å². The predicted molar refractivity (Wildman–Crippen MR) is 68.7 cm³/mol. The van der Waals surface area contributed by atoms with E-state index in [1.165, 1.54) is 0 Å². The highest BCUT2D eigenvalue weighted by molar-refractivity contribution is 14.1. The molecule has 1 rings (SSSR count). The van der Waals surface area contributed by atoms with E-state index in [1.807, 2.05) is 36.9 Å². The maximum Gasteiger partial charge on any atom is 0.110 e. The van der Waals surface area contributed by atoms with Gasteiger partial charge in [-0.3, -0.25) is 0 Å². The average Bonchev–Trinajstić information content (AvgIpc) is 2.52. The lowest BCUT2D eigenvalue weighted by Crippen LogP contribution is -2.29. The summed E-state index contributed by atoms with van der Waals surface area (Å²) in [6.45, 7) is 10.4. The fourth-order valence-corrected chi connectivity index (χ4v) is 2.35. The quantitative estimate of drug-likeness (QED) is 0.730. The van der Waals surface area contributed by atoms with Crippen LogP contribution in [0.25, 0.3) is 0 Å². The number of ether oxygens (including phenoxy) is 1. The summed E-state index contributed by atoms with van der Waals surface area (Å²) in [5.74, 6) is 0. The molecule has 1 heterocycles. The van der Waals surface area contributed by atoms with E-state index >= 15 is 0 Å². The normalized spacial score (nSPS) is 26.6. The van der Waals surface area contributed by atoms with Crippen molar-refractivity contribution in [3.8, 4) is 0 Å². The first-order chi connectivity index (χ1) is 6.59. The van der Waals surface area contributed by atoms with Crippen molar-refractivity contribution in [3.63, 3.8) is 0 Å². The van der Waals surface area contributed by atoms with Crippen LogP contribution in [0.4, 0.5) is 0 Å². The van der Waals surface area contributed by atoms with Crippen LogP contribution in [-0.2, 0) is 7.80 Å². The maximum atomic E-state index is 5.86. The molecule has 1 saturated heterocycles. The summed E-state index contributed by atoms with van der Waals surface area (Å²) < 4.78 is 11.2. The van der Waals surface area contributed by atoms with Crippen LogP contribution in [0.5, 0.6) is 0 Å². The standard InChI is InChI=1S/C9H17IO2.C2H6/c1-4-7(12-10)8-5-6-9(2,3)11-8;1-2/h7-8H,4-6H2,1-3H3;1-2H3. The molecule has 0 radical (unpaired) electrons. The van der Waals surface area contributed by atoms with Gasteiger partial charge in [-0.1, -0.05) is 20.8 Å². The fraction of sp³-hybridized carbons (Fsp3) is 1.00. The maximum absolute atomic E-state index is 5.86. The molecule has 0 amide bonds. The fourth-order valence-electron chi connectivity index (χ4n) is 1.66. The van der Waals surface area contributed by atoms with E-state index in [9.17, 15) is 0 Å². The molecule has 86 valence electrons. The molecule has 2 nitrogen and oxygen atoms in total. The Hall–Kier alpha value is 0.650. The van der Waals surface area contributed by atoms with Crippen LogP contribution in [0, 0.1) is 0 Å². The molecule has 1 aliphatic rings. The molecular weight excluding hydrogens is 291 g/mol. The van der Waals surface area contributed by atoms with Gasteiger partial charge < -0.3 is 7.80 Å². The Morgan fingerprint density at radius 1 is 1.50 bits per heavy atom. The molecule has 3 heteroatoms. The van der Waals surface area contributed by atoms with Crippen LogP contribution in [0.1, 0.15) is 53.9 Å². The highest BCUT2D eigenvalue weighted by Gasteiger charge is 2.35. The van der Waals surface area contributed by atoms with Gasteiger partial charge in [-0.2, -0.15) is 0 Å². The monoisotopic (exact) mass is 314 g/mol. The molecule has 0 aromatic carbocycles. The zero-order valence-corrected chi connectivity index (χ0v) is 12.1. The molecule has 0 saturated carbocycles. The zero-order chi connectivity index (χ0) is 11.2.